The fourth-order valence-corrected chi connectivity index (χ4v) is 1.56. The SMILES string of the molecule is C=C(C)c1cccc(CC(C)(C)C)c1. The normalized spacial score (nSPS) is 11.4. The van der Waals surface area contributed by atoms with Crippen molar-refractivity contribution in [3.8, 4) is 0 Å². The molecular formula is C14H20. The van der Waals surface area contributed by atoms with Gasteiger partial charge >= 0.3 is 0 Å². The van der Waals surface area contributed by atoms with Crippen LogP contribution in [0.5, 0.6) is 0 Å². The molecule has 0 unspecified atom stereocenters. The summed E-state index contributed by atoms with van der Waals surface area (Å²) in [6.45, 7) is 12.8. The molecule has 1 aromatic carbocycles. The van der Waals surface area contributed by atoms with E-state index < -0.39 is 0 Å². The molecule has 0 saturated heterocycles. The highest BCUT2D eigenvalue weighted by Crippen LogP contribution is 2.22. The zero-order chi connectivity index (χ0) is 10.8. The van der Waals surface area contributed by atoms with Crippen LogP contribution in [0.1, 0.15) is 38.8 Å². The van der Waals surface area contributed by atoms with Gasteiger partial charge in [-0.2, -0.15) is 0 Å². The molecule has 0 N–H and O–H groups in total. The van der Waals surface area contributed by atoms with Crippen LogP contribution >= 0.6 is 0 Å². The van der Waals surface area contributed by atoms with Gasteiger partial charge in [0, 0.05) is 0 Å². The van der Waals surface area contributed by atoms with Gasteiger partial charge in [-0.15, -0.1) is 0 Å². The molecule has 0 aliphatic carbocycles. The van der Waals surface area contributed by atoms with E-state index in [0.29, 0.717) is 5.41 Å². The van der Waals surface area contributed by atoms with Crippen LogP contribution in [0.4, 0.5) is 0 Å². The molecule has 76 valence electrons. The molecule has 0 aliphatic heterocycles. The molecule has 1 aromatic rings. The summed E-state index contributed by atoms with van der Waals surface area (Å²) in [6, 6.07) is 8.67. The Kier molecular flexibility index (Phi) is 3.15. The van der Waals surface area contributed by atoms with Crippen molar-refractivity contribution in [1.29, 1.82) is 0 Å². The summed E-state index contributed by atoms with van der Waals surface area (Å²) in [5.41, 5.74) is 4.15. The Morgan fingerprint density at radius 1 is 1.29 bits per heavy atom. The van der Waals surface area contributed by atoms with Crippen LogP contribution in [0.2, 0.25) is 0 Å². The molecule has 0 saturated carbocycles. The highest BCUT2D eigenvalue weighted by molar-refractivity contribution is 5.61. The molecule has 14 heavy (non-hydrogen) atoms. The molecule has 0 fully saturated rings. The Labute approximate surface area is 87.7 Å². The van der Waals surface area contributed by atoms with E-state index in [1.807, 2.05) is 0 Å². The van der Waals surface area contributed by atoms with Gasteiger partial charge in [-0.05, 0) is 29.9 Å². The lowest BCUT2D eigenvalue weighted by atomic mass is 9.87. The van der Waals surface area contributed by atoms with Crippen LogP contribution in [-0.4, -0.2) is 0 Å². The first-order valence-corrected chi connectivity index (χ1v) is 5.13. The minimum Gasteiger partial charge on any atom is -0.0955 e. The minimum absolute atomic E-state index is 0.355. The van der Waals surface area contributed by atoms with Crippen molar-refractivity contribution in [3.63, 3.8) is 0 Å². The first-order chi connectivity index (χ1) is 6.38. The van der Waals surface area contributed by atoms with Gasteiger partial charge in [-0.1, -0.05) is 57.2 Å². The van der Waals surface area contributed by atoms with Gasteiger partial charge in [0.05, 0.1) is 0 Å². The Morgan fingerprint density at radius 3 is 2.43 bits per heavy atom. The maximum absolute atomic E-state index is 3.96. The number of benzene rings is 1. The fourth-order valence-electron chi connectivity index (χ4n) is 1.56. The lowest BCUT2D eigenvalue weighted by Crippen LogP contribution is -2.09. The number of allylic oxidation sites excluding steroid dienone is 1. The third-order valence-electron chi connectivity index (χ3n) is 2.15. The van der Waals surface area contributed by atoms with Crippen molar-refractivity contribution in [3.05, 3.63) is 42.0 Å². The van der Waals surface area contributed by atoms with Crippen molar-refractivity contribution in [2.75, 3.05) is 0 Å². The van der Waals surface area contributed by atoms with Crippen molar-refractivity contribution in [1.82, 2.24) is 0 Å². The summed E-state index contributed by atoms with van der Waals surface area (Å²) in [4.78, 5) is 0. The summed E-state index contributed by atoms with van der Waals surface area (Å²) >= 11 is 0. The molecule has 0 nitrogen and oxygen atoms in total. The standard InChI is InChI=1S/C14H20/c1-11(2)13-8-6-7-12(9-13)10-14(3,4)5/h6-9H,1,10H2,2-5H3. The molecule has 0 heteroatoms. The van der Waals surface area contributed by atoms with E-state index in [9.17, 15) is 0 Å². The Balaban J connectivity index is 2.89. The van der Waals surface area contributed by atoms with E-state index in [2.05, 4.69) is 58.5 Å². The summed E-state index contributed by atoms with van der Waals surface area (Å²) in [7, 11) is 0. The molecule has 0 radical (unpaired) electrons. The third-order valence-corrected chi connectivity index (χ3v) is 2.15. The Bertz CT molecular complexity index is 326. The van der Waals surface area contributed by atoms with E-state index in [-0.39, 0.29) is 0 Å². The van der Waals surface area contributed by atoms with Crippen molar-refractivity contribution < 1.29 is 0 Å². The van der Waals surface area contributed by atoms with Crippen molar-refractivity contribution in [2.45, 2.75) is 34.1 Å². The minimum atomic E-state index is 0.355. The number of hydrogen-bond donors (Lipinski definition) is 0. The molecular weight excluding hydrogens is 168 g/mol. The van der Waals surface area contributed by atoms with Crippen LogP contribution in [0.3, 0.4) is 0 Å². The van der Waals surface area contributed by atoms with Crippen molar-refractivity contribution >= 4 is 5.57 Å². The van der Waals surface area contributed by atoms with Crippen molar-refractivity contribution in [2.24, 2.45) is 5.41 Å². The quantitative estimate of drug-likeness (QED) is 0.649. The molecule has 0 amide bonds. The smallest absolute Gasteiger partial charge is 0.0230 e. The monoisotopic (exact) mass is 188 g/mol. The molecule has 0 bridgehead atoms. The van der Waals surface area contributed by atoms with Gasteiger partial charge in [0.25, 0.3) is 0 Å². The second kappa shape index (κ2) is 4.00. The maximum Gasteiger partial charge on any atom is -0.0230 e. The predicted octanol–water partition coefficient (Wildman–Crippen LogP) is 4.31. The highest BCUT2D eigenvalue weighted by Gasteiger charge is 2.11. The van der Waals surface area contributed by atoms with Gasteiger partial charge in [0.1, 0.15) is 0 Å². The van der Waals surface area contributed by atoms with Gasteiger partial charge in [0.15, 0.2) is 0 Å². The number of rotatable bonds is 2. The van der Waals surface area contributed by atoms with Crippen LogP contribution in [0.25, 0.3) is 5.57 Å². The van der Waals surface area contributed by atoms with E-state index in [1.165, 1.54) is 11.1 Å². The molecule has 0 atom stereocenters. The summed E-state index contributed by atoms with van der Waals surface area (Å²) in [5, 5.41) is 0. The first kappa shape index (κ1) is 11.0. The predicted molar refractivity (Wildman–Crippen MR) is 64.3 cm³/mol. The largest absolute Gasteiger partial charge is 0.0955 e. The highest BCUT2D eigenvalue weighted by atomic mass is 14.2. The first-order valence-electron chi connectivity index (χ1n) is 5.13. The zero-order valence-corrected chi connectivity index (χ0v) is 9.72. The Hall–Kier alpha value is -1.04. The van der Waals surface area contributed by atoms with Gasteiger partial charge in [0.2, 0.25) is 0 Å². The molecule has 0 spiro atoms. The van der Waals surface area contributed by atoms with Gasteiger partial charge in [-0.25, -0.2) is 0 Å². The third kappa shape index (κ3) is 3.37. The van der Waals surface area contributed by atoms with E-state index in [0.717, 1.165) is 12.0 Å². The van der Waals surface area contributed by atoms with Crippen LogP contribution in [0, 0.1) is 5.41 Å². The Morgan fingerprint density at radius 2 is 1.93 bits per heavy atom. The topological polar surface area (TPSA) is 0 Å². The molecule has 1 rings (SSSR count). The maximum atomic E-state index is 3.96. The van der Waals surface area contributed by atoms with Crippen LogP contribution in [0.15, 0.2) is 30.8 Å². The second-order valence-electron chi connectivity index (χ2n) is 5.22. The van der Waals surface area contributed by atoms with E-state index in [1.54, 1.807) is 0 Å². The number of hydrogen-bond acceptors (Lipinski definition) is 0. The van der Waals surface area contributed by atoms with Crippen LogP contribution < -0.4 is 0 Å². The lowest BCUT2D eigenvalue weighted by Gasteiger charge is -2.18. The van der Waals surface area contributed by atoms with Gasteiger partial charge in [-0.3, -0.25) is 0 Å². The average molecular weight is 188 g/mol. The fraction of sp³-hybridized carbons (Fsp3) is 0.429. The van der Waals surface area contributed by atoms with Crippen LogP contribution in [-0.2, 0) is 6.42 Å². The van der Waals surface area contributed by atoms with E-state index >= 15 is 0 Å². The summed E-state index contributed by atoms with van der Waals surface area (Å²) < 4.78 is 0. The second-order valence-corrected chi connectivity index (χ2v) is 5.22. The molecule has 0 aliphatic rings. The summed E-state index contributed by atoms with van der Waals surface area (Å²) in [6.07, 6.45) is 1.12. The van der Waals surface area contributed by atoms with Gasteiger partial charge < -0.3 is 0 Å². The lowest BCUT2D eigenvalue weighted by molar-refractivity contribution is 0.411. The molecule has 0 aromatic heterocycles. The summed E-state index contributed by atoms with van der Waals surface area (Å²) in [5.74, 6) is 0. The van der Waals surface area contributed by atoms with E-state index in [4.69, 9.17) is 0 Å². The molecule has 0 heterocycles. The zero-order valence-electron chi connectivity index (χ0n) is 9.72. The average Bonchev–Trinajstić information content (AvgIpc) is 2.01.